The molecule has 0 radical (unpaired) electrons. The quantitative estimate of drug-likeness (QED) is 0.0895. The summed E-state index contributed by atoms with van der Waals surface area (Å²) in [7, 11) is -4.89. The summed E-state index contributed by atoms with van der Waals surface area (Å²) in [6.07, 6.45) is -6.29. The molecular formula is C11H19NO10S2. The average Bonchev–Trinajstić information content (AvgIpc) is 2.52. The van der Waals surface area contributed by atoms with Crippen molar-refractivity contribution in [1.82, 2.24) is 0 Å². The summed E-state index contributed by atoms with van der Waals surface area (Å²) in [6.45, 7) is 2.67. The predicted octanol–water partition coefficient (Wildman–Crippen LogP) is -2.41. The van der Waals surface area contributed by atoms with E-state index in [1.165, 1.54) is 0 Å². The van der Waals surface area contributed by atoms with Crippen molar-refractivity contribution >= 4 is 27.2 Å². The molecule has 6 unspecified atom stereocenters. The minimum Gasteiger partial charge on any atom is -0.394 e. The molecule has 1 rings (SSSR count). The summed E-state index contributed by atoms with van der Waals surface area (Å²) in [6, 6.07) is 0. The Morgan fingerprint density at radius 3 is 2.46 bits per heavy atom. The van der Waals surface area contributed by atoms with Crippen LogP contribution in [0.5, 0.6) is 0 Å². The largest absolute Gasteiger partial charge is 0.466 e. The second-order valence-electron chi connectivity index (χ2n) is 4.81. The van der Waals surface area contributed by atoms with Crippen LogP contribution in [0, 0.1) is 0 Å². The number of thioether (sulfide) groups is 1. The van der Waals surface area contributed by atoms with Crippen LogP contribution in [0.3, 0.4) is 0 Å². The number of ether oxygens (including phenoxy) is 1. The first-order valence-electron chi connectivity index (χ1n) is 6.59. The first-order valence-corrected chi connectivity index (χ1v) is 8.84. The summed E-state index contributed by atoms with van der Waals surface area (Å²) in [5, 5.41) is 50.8. The van der Waals surface area contributed by atoms with Gasteiger partial charge in [0.2, 0.25) is 0 Å². The Balaban J connectivity index is 2.92. The maximum Gasteiger partial charge on any atom is 0.466 e. The SMILES string of the molecule is C=CC(O)CC(=NOS(=O)(=O)O)SC1OC(CO)C(O)C(O)C1O. The average molecular weight is 389 g/mol. The van der Waals surface area contributed by atoms with Gasteiger partial charge in [0.15, 0.2) is 0 Å². The lowest BCUT2D eigenvalue weighted by Crippen LogP contribution is -2.57. The summed E-state index contributed by atoms with van der Waals surface area (Å²) in [4.78, 5) is 0. The van der Waals surface area contributed by atoms with Crippen LogP contribution in [0.1, 0.15) is 6.42 Å². The van der Waals surface area contributed by atoms with Crippen LogP contribution in [0.25, 0.3) is 0 Å². The molecule has 1 aliphatic rings. The molecule has 0 aliphatic carbocycles. The Morgan fingerprint density at radius 2 is 1.96 bits per heavy atom. The molecule has 0 saturated carbocycles. The van der Waals surface area contributed by atoms with E-state index in [9.17, 15) is 28.8 Å². The number of rotatable bonds is 7. The van der Waals surface area contributed by atoms with E-state index in [0.717, 1.165) is 6.08 Å². The molecule has 1 heterocycles. The van der Waals surface area contributed by atoms with Crippen molar-refractivity contribution in [3.05, 3.63) is 12.7 Å². The molecule has 0 aromatic heterocycles. The number of nitrogens with zero attached hydrogens (tertiary/aromatic N) is 1. The highest BCUT2D eigenvalue weighted by Gasteiger charge is 2.44. The topological polar surface area (TPSA) is 186 Å². The molecule has 6 atom stereocenters. The molecule has 1 saturated heterocycles. The Hall–Kier alpha value is -0.770. The van der Waals surface area contributed by atoms with Gasteiger partial charge in [-0.15, -0.1) is 6.58 Å². The Bertz CT molecular complexity index is 551. The van der Waals surface area contributed by atoms with Crippen molar-refractivity contribution in [3.63, 3.8) is 0 Å². The fraction of sp³-hybridized carbons (Fsp3) is 0.727. The molecule has 0 bridgehead atoms. The van der Waals surface area contributed by atoms with Gasteiger partial charge in [0, 0.05) is 6.42 Å². The van der Waals surface area contributed by atoms with Crippen LogP contribution in [0.4, 0.5) is 0 Å². The fourth-order valence-electron chi connectivity index (χ4n) is 1.76. The lowest BCUT2D eigenvalue weighted by molar-refractivity contribution is -0.205. The second kappa shape index (κ2) is 9.07. The predicted molar refractivity (Wildman–Crippen MR) is 82.2 cm³/mol. The van der Waals surface area contributed by atoms with Crippen molar-refractivity contribution < 1.29 is 47.5 Å². The molecule has 0 spiro atoms. The van der Waals surface area contributed by atoms with Gasteiger partial charge < -0.3 is 30.3 Å². The zero-order chi connectivity index (χ0) is 18.5. The summed E-state index contributed by atoms with van der Waals surface area (Å²) >= 11 is 0.570. The molecule has 0 aromatic rings. The van der Waals surface area contributed by atoms with Crippen LogP contribution >= 0.6 is 11.8 Å². The first-order chi connectivity index (χ1) is 11.1. The van der Waals surface area contributed by atoms with E-state index < -0.39 is 53.0 Å². The minimum atomic E-state index is -4.89. The molecule has 24 heavy (non-hydrogen) atoms. The number of oxime groups is 1. The van der Waals surface area contributed by atoms with Crippen LogP contribution in [-0.2, 0) is 19.4 Å². The standard InChI is InChI=1S/C11H19NO10S2/c1-2-5(14)3-7(12-22-24(18,19)20)23-11-10(17)9(16)8(15)6(4-13)21-11/h2,5-6,8-11,13-17H,1,3-4H2,(H,18,19,20). The van der Waals surface area contributed by atoms with Gasteiger partial charge in [0.1, 0.15) is 34.9 Å². The van der Waals surface area contributed by atoms with E-state index in [4.69, 9.17) is 14.4 Å². The summed E-state index contributed by atoms with van der Waals surface area (Å²) in [5.74, 6) is 0. The van der Waals surface area contributed by atoms with Crippen molar-refractivity contribution in [3.8, 4) is 0 Å². The van der Waals surface area contributed by atoms with Gasteiger partial charge in [0.05, 0.1) is 12.7 Å². The fourth-order valence-corrected chi connectivity index (χ4v) is 3.10. The van der Waals surface area contributed by atoms with E-state index in [-0.39, 0.29) is 11.5 Å². The second-order valence-corrected chi connectivity index (χ2v) is 6.99. The van der Waals surface area contributed by atoms with E-state index in [2.05, 4.69) is 16.0 Å². The molecule has 0 amide bonds. The van der Waals surface area contributed by atoms with Crippen molar-refractivity contribution in [2.75, 3.05) is 6.61 Å². The Labute approximate surface area is 142 Å². The lowest BCUT2D eigenvalue weighted by Gasteiger charge is -2.39. The van der Waals surface area contributed by atoms with Crippen LogP contribution in [0.15, 0.2) is 17.8 Å². The van der Waals surface area contributed by atoms with Crippen LogP contribution in [0.2, 0.25) is 0 Å². The molecule has 1 aliphatic heterocycles. The van der Waals surface area contributed by atoms with Gasteiger partial charge in [-0.1, -0.05) is 23.0 Å². The smallest absolute Gasteiger partial charge is 0.394 e. The zero-order valence-electron chi connectivity index (χ0n) is 12.2. The normalized spacial score (nSPS) is 33.1. The Kier molecular flexibility index (Phi) is 8.04. The highest BCUT2D eigenvalue weighted by atomic mass is 32.3. The number of aliphatic hydroxyl groups excluding tert-OH is 5. The third-order valence-corrected chi connectivity index (χ3v) is 4.39. The van der Waals surface area contributed by atoms with E-state index in [0.29, 0.717) is 11.8 Å². The van der Waals surface area contributed by atoms with Gasteiger partial charge >= 0.3 is 10.4 Å². The van der Waals surface area contributed by atoms with Crippen LogP contribution < -0.4 is 0 Å². The van der Waals surface area contributed by atoms with Crippen molar-refractivity contribution in [1.29, 1.82) is 0 Å². The lowest BCUT2D eigenvalue weighted by atomic mass is 10.0. The number of aliphatic hydroxyl groups is 5. The monoisotopic (exact) mass is 389 g/mol. The third kappa shape index (κ3) is 6.27. The summed E-state index contributed by atoms with van der Waals surface area (Å²) < 4.78 is 38.8. The molecule has 13 heteroatoms. The molecule has 1 fully saturated rings. The number of hydrogen-bond acceptors (Lipinski definition) is 11. The van der Waals surface area contributed by atoms with E-state index >= 15 is 0 Å². The minimum absolute atomic E-state index is 0.218. The highest BCUT2D eigenvalue weighted by Crippen LogP contribution is 2.30. The van der Waals surface area contributed by atoms with Gasteiger partial charge in [0.25, 0.3) is 0 Å². The maximum atomic E-state index is 10.6. The van der Waals surface area contributed by atoms with Gasteiger partial charge in [-0.05, 0) is 0 Å². The molecule has 0 aromatic carbocycles. The van der Waals surface area contributed by atoms with E-state index in [1.54, 1.807) is 0 Å². The first kappa shape index (κ1) is 21.3. The van der Waals surface area contributed by atoms with E-state index in [1.807, 2.05) is 0 Å². The molecule has 6 N–H and O–H groups in total. The third-order valence-electron chi connectivity index (χ3n) is 2.99. The molecule has 140 valence electrons. The molecular weight excluding hydrogens is 370 g/mol. The maximum absolute atomic E-state index is 10.6. The van der Waals surface area contributed by atoms with Gasteiger partial charge in [-0.2, -0.15) is 8.42 Å². The zero-order valence-corrected chi connectivity index (χ0v) is 13.9. The van der Waals surface area contributed by atoms with Crippen LogP contribution in [-0.4, -0.2) is 86.1 Å². The highest BCUT2D eigenvalue weighted by molar-refractivity contribution is 8.14. The van der Waals surface area contributed by atoms with Gasteiger partial charge in [-0.25, -0.2) is 4.28 Å². The van der Waals surface area contributed by atoms with Crippen molar-refractivity contribution in [2.45, 2.75) is 42.4 Å². The number of hydrogen-bond donors (Lipinski definition) is 6. The van der Waals surface area contributed by atoms with Crippen molar-refractivity contribution in [2.24, 2.45) is 5.16 Å². The molecule has 11 nitrogen and oxygen atoms in total. The Morgan fingerprint density at radius 1 is 1.33 bits per heavy atom. The summed E-state index contributed by atoms with van der Waals surface area (Å²) in [5.41, 5.74) is -1.26. The van der Waals surface area contributed by atoms with Gasteiger partial charge in [-0.3, -0.25) is 4.55 Å².